The zero-order valence-electron chi connectivity index (χ0n) is 30.7. The lowest BCUT2D eigenvalue weighted by atomic mass is 9.87. The largest absolute Gasteiger partial charge is 0.309 e. The van der Waals surface area contributed by atoms with Crippen molar-refractivity contribution in [3.8, 4) is 55.9 Å². The fourth-order valence-corrected chi connectivity index (χ4v) is 8.82. The van der Waals surface area contributed by atoms with Gasteiger partial charge in [0.15, 0.2) is 0 Å². The summed E-state index contributed by atoms with van der Waals surface area (Å²) in [5, 5.41) is 5.00. The van der Waals surface area contributed by atoms with Crippen LogP contribution in [0.1, 0.15) is 0 Å². The first kappa shape index (κ1) is 32.0. The molecular weight excluding hydrogens is 677 g/mol. The van der Waals surface area contributed by atoms with Gasteiger partial charge in [-0.1, -0.05) is 158 Å². The zero-order valence-corrected chi connectivity index (χ0v) is 30.7. The van der Waals surface area contributed by atoms with E-state index in [4.69, 9.17) is 0 Å². The molecule has 0 fully saturated rings. The number of nitrogens with zero attached hydrogens (tertiary/aromatic N) is 2. The van der Waals surface area contributed by atoms with E-state index in [1.807, 2.05) is 0 Å². The molecule has 0 amide bonds. The molecule has 262 valence electrons. The lowest BCUT2D eigenvalue weighted by Gasteiger charge is -2.18. The molecule has 0 saturated heterocycles. The highest BCUT2D eigenvalue weighted by Crippen LogP contribution is 2.42. The highest BCUT2D eigenvalue weighted by atomic mass is 15.0. The third kappa shape index (κ3) is 5.19. The molecule has 2 nitrogen and oxygen atoms in total. The maximum Gasteiger partial charge on any atom is 0.0541 e. The lowest BCUT2D eigenvalue weighted by molar-refractivity contribution is 1.18. The van der Waals surface area contributed by atoms with Crippen molar-refractivity contribution < 1.29 is 0 Å². The van der Waals surface area contributed by atoms with Crippen LogP contribution in [0.4, 0.5) is 0 Å². The Labute approximate surface area is 325 Å². The summed E-state index contributed by atoms with van der Waals surface area (Å²) < 4.78 is 4.81. The topological polar surface area (TPSA) is 9.86 Å². The minimum atomic E-state index is 1.14. The Kier molecular flexibility index (Phi) is 7.53. The second-order valence-electron chi connectivity index (χ2n) is 14.5. The van der Waals surface area contributed by atoms with E-state index in [1.54, 1.807) is 0 Å². The molecule has 0 atom stereocenters. The van der Waals surface area contributed by atoms with Crippen LogP contribution in [0.3, 0.4) is 0 Å². The third-order valence-electron chi connectivity index (χ3n) is 11.3. The lowest BCUT2D eigenvalue weighted by Crippen LogP contribution is -1.96. The first-order valence-electron chi connectivity index (χ1n) is 19.3. The Morgan fingerprint density at radius 1 is 0.232 bits per heavy atom. The average Bonchev–Trinajstić information content (AvgIpc) is 3.79. The van der Waals surface area contributed by atoms with Crippen molar-refractivity contribution in [2.75, 3.05) is 0 Å². The van der Waals surface area contributed by atoms with Gasteiger partial charge in [-0.05, 0) is 105 Å². The van der Waals surface area contributed by atoms with E-state index >= 15 is 0 Å². The summed E-state index contributed by atoms with van der Waals surface area (Å²) >= 11 is 0. The van der Waals surface area contributed by atoms with E-state index in [9.17, 15) is 0 Å². The van der Waals surface area contributed by atoms with Gasteiger partial charge in [0.2, 0.25) is 0 Å². The Hall–Kier alpha value is -7.42. The molecule has 0 bridgehead atoms. The maximum atomic E-state index is 2.43. The van der Waals surface area contributed by atoms with Gasteiger partial charge in [-0.3, -0.25) is 0 Å². The van der Waals surface area contributed by atoms with Crippen molar-refractivity contribution in [2.45, 2.75) is 0 Å². The molecule has 2 heterocycles. The molecule has 11 rings (SSSR count). The molecule has 0 N–H and O–H groups in total. The van der Waals surface area contributed by atoms with E-state index < -0.39 is 0 Å². The van der Waals surface area contributed by atoms with Gasteiger partial charge in [-0.15, -0.1) is 0 Å². The van der Waals surface area contributed by atoms with Gasteiger partial charge < -0.3 is 9.13 Å². The van der Waals surface area contributed by atoms with E-state index in [0.29, 0.717) is 0 Å². The molecule has 56 heavy (non-hydrogen) atoms. The van der Waals surface area contributed by atoms with Gasteiger partial charge >= 0.3 is 0 Å². The molecule has 0 saturated carbocycles. The number of aromatic nitrogens is 2. The molecular formula is C54H36N2. The molecule has 0 aliphatic carbocycles. The monoisotopic (exact) mass is 712 g/mol. The number of para-hydroxylation sites is 3. The minimum absolute atomic E-state index is 1.14. The van der Waals surface area contributed by atoms with Crippen molar-refractivity contribution >= 4 is 43.6 Å². The average molecular weight is 713 g/mol. The van der Waals surface area contributed by atoms with E-state index in [1.165, 1.54) is 93.8 Å². The summed E-state index contributed by atoms with van der Waals surface area (Å²) in [6, 6.07) is 79.4. The van der Waals surface area contributed by atoms with Crippen molar-refractivity contribution in [2.24, 2.45) is 0 Å². The first-order chi connectivity index (χ1) is 27.8. The highest BCUT2D eigenvalue weighted by molar-refractivity contribution is 6.13. The van der Waals surface area contributed by atoms with Gasteiger partial charge in [0.25, 0.3) is 0 Å². The fraction of sp³-hybridized carbons (Fsp3) is 0. The Balaban J connectivity index is 1.08. The van der Waals surface area contributed by atoms with Crippen LogP contribution in [0.25, 0.3) is 99.5 Å². The summed E-state index contributed by atoms with van der Waals surface area (Å²) in [5.41, 5.74) is 16.8. The molecule has 0 unspecified atom stereocenters. The van der Waals surface area contributed by atoms with Crippen LogP contribution >= 0.6 is 0 Å². The van der Waals surface area contributed by atoms with Gasteiger partial charge in [-0.2, -0.15) is 0 Å². The first-order valence-corrected chi connectivity index (χ1v) is 19.3. The Morgan fingerprint density at radius 3 is 1.20 bits per heavy atom. The second kappa shape index (κ2) is 13.2. The summed E-state index contributed by atoms with van der Waals surface area (Å²) in [6.45, 7) is 0. The quantitative estimate of drug-likeness (QED) is 0.162. The smallest absolute Gasteiger partial charge is 0.0541 e. The summed E-state index contributed by atoms with van der Waals surface area (Å²) in [6.07, 6.45) is 0. The summed E-state index contributed by atoms with van der Waals surface area (Å²) in [7, 11) is 0. The standard InChI is InChI=1S/C54H36N2/c1-4-16-37(17-5-1)44-26-15-27-45(38-18-6-2-7-19-38)54(44)41-20-14-23-43(34-41)56-51-29-13-11-25-47(51)49-36-40(31-33-53(49)56)39-30-32-52-48(35-39)46-24-10-12-28-50(46)55(52)42-21-8-3-9-22-42/h1-36H. The molecule has 0 radical (unpaired) electrons. The number of rotatable bonds is 6. The third-order valence-corrected chi connectivity index (χ3v) is 11.3. The number of benzene rings is 9. The molecule has 0 spiro atoms. The van der Waals surface area contributed by atoms with Gasteiger partial charge in [0.05, 0.1) is 22.1 Å². The number of hydrogen-bond acceptors (Lipinski definition) is 0. The molecule has 9 aromatic carbocycles. The van der Waals surface area contributed by atoms with Gasteiger partial charge in [-0.25, -0.2) is 0 Å². The predicted molar refractivity (Wildman–Crippen MR) is 237 cm³/mol. The molecule has 11 aromatic rings. The fourth-order valence-electron chi connectivity index (χ4n) is 8.82. The van der Waals surface area contributed by atoms with Crippen molar-refractivity contribution in [3.05, 3.63) is 218 Å². The van der Waals surface area contributed by atoms with Crippen LogP contribution in [-0.2, 0) is 0 Å². The Bertz CT molecular complexity index is 3170. The summed E-state index contributed by atoms with van der Waals surface area (Å²) in [5.74, 6) is 0. The molecule has 0 aliphatic rings. The number of fused-ring (bicyclic) bond motifs is 6. The van der Waals surface area contributed by atoms with Crippen molar-refractivity contribution in [1.82, 2.24) is 9.13 Å². The van der Waals surface area contributed by atoms with E-state index in [0.717, 1.165) is 5.69 Å². The van der Waals surface area contributed by atoms with E-state index in [2.05, 4.69) is 228 Å². The van der Waals surface area contributed by atoms with Crippen LogP contribution in [0.5, 0.6) is 0 Å². The van der Waals surface area contributed by atoms with Gasteiger partial charge in [0, 0.05) is 32.9 Å². The summed E-state index contributed by atoms with van der Waals surface area (Å²) in [4.78, 5) is 0. The van der Waals surface area contributed by atoms with Crippen LogP contribution in [-0.4, -0.2) is 9.13 Å². The van der Waals surface area contributed by atoms with Crippen LogP contribution in [0.2, 0.25) is 0 Å². The van der Waals surface area contributed by atoms with Gasteiger partial charge in [0.1, 0.15) is 0 Å². The molecule has 2 heteroatoms. The predicted octanol–water partition coefficient (Wildman–Crippen LogP) is 14.5. The Morgan fingerprint density at radius 2 is 0.643 bits per heavy atom. The molecule has 2 aromatic heterocycles. The zero-order chi connectivity index (χ0) is 37.0. The molecule has 0 aliphatic heterocycles. The SMILES string of the molecule is c1ccc(-c2cccc(-c3ccccc3)c2-c2cccc(-n3c4ccccc4c4cc(-c5ccc6c(c5)c5ccccc5n6-c5ccccc5)ccc43)c2)cc1. The number of hydrogen-bond donors (Lipinski definition) is 0. The van der Waals surface area contributed by atoms with E-state index in [-0.39, 0.29) is 0 Å². The van der Waals surface area contributed by atoms with Crippen molar-refractivity contribution in [3.63, 3.8) is 0 Å². The normalized spacial score (nSPS) is 11.6. The maximum absolute atomic E-state index is 2.43. The van der Waals surface area contributed by atoms with Crippen molar-refractivity contribution in [1.29, 1.82) is 0 Å². The van der Waals surface area contributed by atoms with Crippen LogP contribution in [0.15, 0.2) is 218 Å². The van der Waals surface area contributed by atoms with Crippen LogP contribution < -0.4 is 0 Å². The minimum Gasteiger partial charge on any atom is -0.309 e. The highest BCUT2D eigenvalue weighted by Gasteiger charge is 2.18. The second-order valence-corrected chi connectivity index (χ2v) is 14.5. The van der Waals surface area contributed by atoms with Crippen LogP contribution in [0, 0.1) is 0 Å².